The van der Waals surface area contributed by atoms with Crippen molar-refractivity contribution in [3.63, 3.8) is 0 Å². The number of amides is 1. The van der Waals surface area contributed by atoms with E-state index in [1.807, 2.05) is 0 Å². The molecule has 1 heterocycles. The minimum Gasteiger partial charge on any atom is -0.480 e. The molecule has 1 aromatic rings. The van der Waals surface area contributed by atoms with Crippen LogP contribution in [-0.4, -0.2) is 95.1 Å². The van der Waals surface area contributed by atoms with Crippen molar-refractivity contribution in [2.75, 3.05) is 52.4 Å². The normalized spacial score (nSPS) is 17.3. The fraction of sp³-hybridized carbons (Fsp3) is 0.500. The van der Waals surface area contributed by atoms with Crippen molar-refractivity contribution in [3.8, 4) is 0 Å². The van der Waals surface area contributed by atoms with Gasteiger partial charge in [0, 0.05) is 56.6 Å². The van der Waals surface area contributed by atoms with Crippen LogP contribution in [0.1, 0.15) is 15.9 Å². The molecular formula is C18H24N4O6. The lowest BCUT2D eigenvalue weighted by Crippen LogP contribution is -2.40. The first-order valence-electron chi connectivity index (χ1n) is 8.94. The van der Waals surface area contributed by atoms with E-state index in [-0.39, 0.29) is 18.7 Å². The van der Waals surface area contributed by atoms with E-state index in [1.165, 1.54) is 0 Å². The highest BCUT2D eigenvalue weighted by Gasteiger charge is 2.19. The summed E-state index contributed by atoms with van der Waals surface area (Å²) in [7, 11) is 0. The minimum atomic E-state index is -0.917. The van der Waals surface area contributed by atoms with Crippen LogP contribution < -0.4 is 0 Å². The number of rotatable bonds is 7. The summed E-state index contributed by atoms with van der Waals surface area (Å²) in [4.78, 5) is 49.5. The molecule has 1 aliphatic heterocycles. The number of benzene rings is 1. The zero-order chi connectivity index (χ0) is 20.5. The van der Waals surface area contributed by atoms with Crippen LogP contribution >= 0.6 is 0 Å². The van der Waals surface area contributed by atoms with Crippen molar-refractivity contribution in [1.29, 1.82) is 0 Å². The van der Waals surface area contributed by atoms with Gasteiger partial charge in [-0.3, -0.25) is 29.1 Å². The topological polar surface area (TPSA) is 131 Å². The van der Waals surface area contributed by atoms with Crippen LogP contribution in [0.15, 0.2) is 29.4 Å². The van der Waals surface area contributed by atoms with E-state index in [4.69, 9.17) is 10.2 Å². The SMILES string of the molecule is O=NC(=O)c1ccc(CN2CCN(CC(=O)O)CCN(CC(=O)O)CC2)cc1. The lowest BCUT2D eigenvalue weighted by molar-refractivity contribution is -0.140. The highest BCUT2D eigenvalue weighted by molar-refractivity contribution is 5.94. The summed E-state index contributed by atoms with van der Waals surface area (Å²) >= 11 is 0. The maximum atomic E-state index is 11.3. The molecule has 1 aliphatic rings. The molecule has 0 atom stereocenters. The standard InChI is InChI=1S/C18H24N4O6/c23-16(24)12-21-7-5-20(6-8-22(10-9-21)13-17(25)26)11-14-1-3-15(4-2-14)18(27)19-28/h1-4H,5-13H2,(H,23,24)(H,25,26). The van der Waals surface area contributed by atoms with E-state index < -0.39 is 17.8 Å². The van der Waals surface area contributed by atoms with E-state index in [0.717, 1.165) is 5.56 Å². The molecule has 1 amide bonds. The molecule has 10 heteroatoms. The van der Waals surface area contributed by atoms with Gasteiger partial charge in [-0.05, 0) is 17.7 Å². The van der Waals surface area contributed by atoms with Crippen LogP contribution in [0.5, 0.6) is 0 Å². The number of carboxylic acids is 2. The number of nitrogens with zero attached hydrogens (tertiary/aromatic N) is 4. The zero-order valence-electron chi connectivity index (χ0n) is 15.5. The predicted molar refractivity (Wildman–Crippen MR) is 100.0 cm³/mol. The third-order valence-corrected chi connectivity index (χ3v) is 4.61. The molecule has 2 rings (SSSR count). The van der Waals surface area contributed by atoms with Gasteiger partial charge < -0.3 is 10.2 Å². The van der Waals surface area contributed by atoms with Gasteiger partial charge in [0.15, 0.2) is 0 Å². The fourth-order valence-electron chi connectivity index (χ4n) is 3.10. The fourth-order valence-corrected chi connectivity index (χ4v) is 3.10. The number of hydrogen-bond acceptors (Lipinski definition) is 7. The van der Waals surface area contributed by atoms with Gasteiger partial charge in [0.25, 0.3) is 0 Å². The third-order valence-electron chi connectivity index (χ3n) is 4.61. The van der Waals surface area contributed by atoms with Crippen molar-refractivity contribution in [3.05, 3.63) is 40.3 Å². The van der Waals surface area contributed by atoms with Crippen molar-refractivity contribution in [1.82, 2.24) is 14.7 Å². The minimum absolute atomic E-state index is 0.0930. The van der Waals surface area contributed by atoms with Gasteiger partial charge in [-0.25, -0.2) is 0 Å². The second-order valence-electron chi connectivity index (χ2n) is 6.71. The Bertz CT molecular complexity index is 681. The first-order chi connectivity index (χ1) is 13.4. The van der Waals surface area contributed by atoms with Crippen molar-refractivity contribution >= 4 is 17.8 Å². The van der Waals surface area contributed by atoms with Crippen LogP contribution in [0, 0.1) is 4.91 Å². The zero-order valence-corrected chi connectivity index (χ0v) is 15.5. The number of nitroso groups, excluding NO2 is 1. The Balaban J connectivity index is 2.06. The summed E-state index contributed by atoms with van der Waals surface area (Å²) in [6.07, 6.45) is 0. The van der Waals surface area contributed by atoms with Crippen LogP contribution in [0.4, 0.5) is 0 Å². The average molecular weight is 392 g/mol. The Labute approximate surface area is 162 Å². The summed E-state index contributed by atoms with van der Waals surface area (Å²) in [5.74, 6) is -2.65. The molecule has 0 radical (unpaired) electrons. The number of hydrogen-bond donors (Lipinski definition) is 2. The second-order valence-corrected chi connectivity index (χ2v) is 6.71. The largest absolute Gasteiger partial charge is 0.480 e. The van der Waals surface area contributed by atoms with Crippen LogP contribution in [0.25, 0.3) is 0 Å². The van der Waals surface area contributed by atoms with Crippen molar-refractivity contribution in [2.45, 2.75) is 6.54 Å². The molecular weight excluding hydrogens is 368 g/mol. The first kappa shape index (κ1) is 21.6. The molecule has 1 fully saturated rings. The summed E-state index contributed by atoms with van der Waals surface area (Å²) in [6.45, 7) is 3.72. The lowest BCUT2D eigenvalue weighted by Gasteiger charge is -2.25. The Morgan fingerprint density at radius 1 is 0.786 bits per heavy atom. The van der Waals surface area contributed by atoms with E-state index in [1.54, 1.807) is 34.1 Å². The van der Waals surface area contributed by atoms with Gasteiger partial charge in [-0.1, -0.05) is 12.1 Å². The van der Waals surface area contributed by atoms with E-state index >= 15 is 0 Å². The van der Waals surface area contributed by atoms with Crippen molar-refractivity contribution in [2.24, 2.45) is 5.18 Å². The third kappa shape index (κ3) is 7.14. The maximum absolute atomic E-state index is 11.3. The Morgan fingerprint density at radius 3 is 1.61 bits per heavy atom. The Morgan fingerprint density at radius 2 is 1.21 bits per heavy atom. The monoisotopic (exact) mass is 392 g/mol. The van der Waals surface area contributed by atoms with Gasteiger partial charge in [0.05, 0.1) is 13.1 Å². The van der Waals surface area contributed by atoms with E-state index in [0.29, 0.717) is 45.8 Å². The number of carbonyl (C=O) groups is 3. The molecule has 152 valence electrons. The van der Waals surface area contributed by atoms with Crippen LogP contribution in [0.2, 0.25) is 0 Å². The highest BCUT2D eigenvalue weighted by Crippen LogP contribution is 2.10. The van der Waals surface area contributed by atoms with E-state index in [9.17, 15) is 19.3 Å². The van der Waals surface area contributed by atoms with Gasteiger partial charge in [-0.15, -0.1) is 4.91 Å². The van der Waals surface area contributed by atoms with Crippen LogP contribution in [-0.2, 0) is 16.1 Å². The molecule has 10 nitrogen and oxygen atoms in total. The summed E-state index contributed by atoms with van der Waals surface area (Å²) in [5.41, 5.74) is 1.15. The molecule has 28 heavy (non-hydrogen) atoms. The summed E-state index contributed by atoms with van der Waals surface area (Å²) < 4.78 is 0. The molecule has 0 aromatic heterocycles. The molecule has 0 saturated carbocycles. The van der Waals surface area contributed by atoms with Crippen LogP contribution in [0.3, 0.4) is 0 Å². The number of carboxylic acid groups (broad SMARTS) is 2. The van der Waals surface area contributed by atoms with Gasteiger partial charge >= 0.3 is 17.8 Å². The van der Waals surface area contributed by atoms with Gasteiger partial charge in [0.2, 0.25) is 0 Å². The van der Waals surface area contributed by atoms with Crippen molar-refractivity contribution < 1.29 is 24.6 Å². The predicted octanol–water partition coefficient (Wildman–Crippen LogP) is 0.182. The highest BCUT2D eigenvalue weighted by atomic mass is 16.4. The Hall–Kier alpha value is -2.69. The lowest BCUT2D eigenvalue weighted by atomic mass is 10.1. The smallest absolute Gasteiger partial charge is 0.317 e. The average Bonchev–Trinajstić information content (AvgIpc) is 2.73. The molecule has 0 unspecified atom stereocenters. The molecule has 1 aromatic carbocycles. The summed E-state index contributed by atoms with van der Waals surface area (Å²) in [6, 6.07) is 6.58. The first-order valence-corrected chi connectivity index (χ1v) is 8.94. The quantitative estimate of drug-likeness (QED) is 0.624. The number of aliphatic carboxylic acids is 2. The summed E-state index contributed by atoms with van der Waals surface area (Å²) in [5, 5.41) is 20.6. The molecule has 0 aliphatic carbocycles. The Kier molecular flexibility index (Phi) is 8.18. The molecule has 2 N–H and O–H groups in total. The molecule has 0 bridgehead atoms. The second kappa shape index (κ2) is 10.6. The molecule has 0 spiro atoms. The molecule has 1 saturated heterocycles. The number of carbonyl (C=O) groups excluding carboxylic acids is 1. The maximum Gasteiger partial charge on any atom is 0.317 e. The van der Waals surface area contributed by atoms with E-state index in [2.05, 4.69) is 10.1 Å². The van der Waals surface area contributed by atoms with Gasteiger partial charge in [-0.2, -0.15) is 0 Å². The van der Waals surface area contributed by atoms with Gasteiger partial charge in [0.1, 0.15) is 0 Å².